The van der Waals surface area contributed by atoms with Crippen LogP contribution in [0.5, 0.6) is 0 Å². The van der Waals surface area contributed by atoms with Gasteiger partial charge in [-0.25, -0.2) is 0 Å². The van der Waals surface area contributed by atoms with Crippen molar-refractivity contribution in [2.75, 3.05) is 6.54 Å². The van der Waals surface area contributed by atoms with Gasteiger partial charge in [0.15, 0.2) is 17.4 Å². The second-order valence-corrected chi connectivity index (χ2v) is 13.2. The lowest BCUT2D eigenvalue weighted by molar-refractivity contribution is -0.289. The van der Waals surface area contributed by atoms with Crippen molar-refractivity contribution in [2.24, 2.45) is 45.4 Å². The van der Waals surface area contributed by atoms with Gasteiger partial charge in [-0.15, -0.1) is 0 Å². The Bertz CT molecular complexity index is 1210. The molecule has 11 heteroatoms. The Morgan fingerprint density at radius 3 is 2.41 bits per heavy atom. The first-order chi connectivity index (χ1) is 19.0. The minimum atomic E-state index is -4.72. The number of hydrogen-bond acceptors (Lipinski definition) is 5. The van der Waals surface area contributed by atoms with Crippen molar-refractivity contribution in [2.45, 2.75) is 71.9 Å². The van der Waals surface area contributed by atoms with Gasteiger partial charge in [-0.3, -0.25) is 19.4 Å². The number of carbonyl (C=O) groups excluding carboxylic acids is 2. The van der Waals surface area contributed by atoms with Crippen molar-refractivity contribution < 1.29 is 44.3 Å². The molecule has 1 heterocycles. The van der Waals surface area contributed by atoms with Gasteiger partial charge in [-0.2, -0.15) is 18.4 Å². The molecule has 0 spiro atoms. The van der Waals surface area contributed by atoms with Crippen LogP contribution in [0.1, 0.15) is 76.1 Å². The van der Waals surface area contributed by atoms with E-state index in [0.717, 1.165) is 6.21 Å². The van der Waals surface area contributed by atoms with E-state index in [1.807, 2.05) is 0 Å². The molecule has 224 valence electrons. The van der Waals surface area contributed by atoms with Crippen LogP contribution in [-0.4, -0.2) is 41.6 Å². The molecule has 1 aliphatic heterocycles. The SMILES string of the molecule is CC(C)(C#N)CCC(CC(=O)c1c(Cl)cccc1[ClH+])C(=O)C1C=NCC(C2CCC(C)(C(=O)O)CC2)C1C(F)(F)F. The van der Waals surface area contributed by atoms with Gasteiger partial charge in [0.1, 0.15) is 11.3 Å². The van der Waals surface area contributed by atoms with Crippen LogP contribution in [0.4, 0.5) is 13.2 Å². The third-order valence-corrected chi connectivity index (χ3v) is 9.56. The third kappa shape index (κ3) is 7.70. The summed E-state index contributed by atoms with van der Waals surface area (Å²) < 4.78 is 44.1. The molecule has 3 rings (SSSR count). The van der Waals surface area contributed by atoms with E-state index in [1.54, 1.807) is 26.8 Å². The normalized spacial score (nSPS) is 27.6. The van der Waals surface area contributed by atoms with E-state index in [4.69, 9.17) is 23.2 Å². The molecule has 1 aliphatic carbocycles. The Morgan fingerprint density at radius 1 is 1.24 bits per heavy atom. The molecule has 1 aromatic carbocycles. The van der Waals surface area contributed by atoms with E-state index >= 15 is 0 Å². The molecule has 4 unspecified atom stereocenters. The van der Waals surface area contributed by atoms with Gasteiger partial charge < -0.3 is 5.11 Å². The Labute approximate surface area is 248 Å². The van der Waals surface area contributed by atoms with E-state index in [0.29, 0.717) is 12.8 Å². The largest absolute Gasteiger partial charge is 0.481 e. The molecule has 6 nitrogen and oxygen atoms in total. The lowest BCUT2D eigenvalue weighted by Crippen LogP contribution is -2.49. The van der Waals surface area contributed by atoms with Gasteiger partial charge in [0.05, 0.1) is 33.8 Å². The summed E-state index contributed by atoms with van der Waals surface area (Å²) in [6.07, 6.45) is -2.74. The van der Waals surface area contributed by atoms with Crippen molar-refractivity contribution in [3.8, 4) is 6.07 Å². The molecule has 1 aromatic rings. The summed E-state index contributed by atoms with van der Waals surface area (Å²) in [5, 5.41) is 19.3. The number of ketones is 2. The summed E-state index contributed by atoms with van der Waals surface area (Å²) in [6, 6.07) is 6.71. The summed E-state index contributed by atoms with van der Waals surface area (Å²) in [6.45, 7) is 4.83. The van der Waals surface area contributed by atoms with Crippen LogP contribution in [-0.2, 0) is 9.59 Å². The average molecular weight is 617 g/mol. The van der Waals surface area contributed by atoms with E-state index in [9.17, 15) is 37.9 Å². The lowest BCUT2D eigenvalue weighted by Gasteiger charge is -2.43. The Hall–Kier alpha value is -2.44. The molecule has 1 fully saturated rings. The Balaban J connectivity index is 1.93. The number of rotatable bonds is 10. The highest BCUT2D eigenvalue weighted by atomic mass is 35.5. The standard InChI is InChI=1S/C30H35Cl2F3N2O4/c1-28(2,16-36)10-7-18(13-23(38)24-21(31)5-4-6-22(24)32)26(39)20-15-37-14-19(25(20)30(33,34)35)17-8-11-29(3,12-9-17)27(40)41/h4-6,15,17-20,25,31H,7-14H2,1-3H3/p+1. The summed E-state index contributed by atoms with van der Waals surface area (Å²) >= 11 is 11.5. The molecule has 4 atom stereocenters. The number of carboxylic acids is 1. The number of aliphatic imine (C=N–C) groups is 1. The number of alkyl halides is 3. The van der Waals surface area contributed by atoms with Crippen molar-refractivity contribution in [3.63, 3.8) is 0 Å². The highest BCUT2D eigenvalue weighted by molar-refractivity contribution is 6.34. The fourth-order valence-corrected chi connectivity index (χ4v) is 6.77. The first-order valence-corrected chi connectivity index (χ1v) is 14.5. The molecule has 0 bridgehead atoms. The molecular weight excluding hydrogens is 580 g/mol. The molecule has 0 aromatic heterocycles. The second kappa shape index (κ2) is 12.8. The van der Waals surface area contributed by atoms with Crippen LogP contribution in [0, 0.1) is 63.4 Å². The molecular formula is C30H36Cl2F3N2O4+. The summed E-state index contributed by atoms with van der Waals surface area (Å²) in [5.41, 5.74) is -1.80. The van der Waals surface area contributed by atoms with Gasteiger partial charge in [-0.1, -0.05) is 17.7 Å². The first-order valence-electron chi connectivity index (χ1n) is 13.7. The van der Waals surface area contributed by atoms with Gasteiger partial charge in [0, 0.05) is 31.2 Å². The molecule has 0 saturated heterocycles. The number of benzene rings is 1. The number of nitriles is 1. The zero-order valence-electron chi connectivity index (χ0n) is 23.3. The summed E-state index contributed by atoms with van der Waals surface area (Å²) in [5.74, 6) is -8.39. The number of aliphatic carboxylic acids is 1. The molecule has 2 aliphatic rings. The number of nitrogens with zero attached hydrogens (tertiary/aromatic N) is 2. The monoisotopic (exact) mass is 615 g/mol. The number of hydrogen-bond donors (Lipinski definition) is 1. The topological polar surface area (TPSA) is 108 Å². The van der Waals surface area contributed by atoms with Gasteiger partial charge >= 0.3 is 12.1 Å². The maximum Gasteiger partial charge on any atom is 0.393 e. The number of Topliss-reactive ketones (excluding diaryl/α,β-unsaturated/α-hetero) is 2. The molecule has 1 saturated carbocycles. The van der Waals surface area contributed by atoms with Crippen LogP contribution in [0.3, 0.4) is 0 Å². The fourth-order valence-electron chi connectivity index (χ4n) is 6.14. The van der Waals surface area contributed by atoms with E-state index in [-0.39, 0.29) is 47.8 Å². The van der Waals surface area contributed by atoms with Crippen molar-refractivity contribution in [3.05, 3.63) is 33.8 Å². The third-order valence-electron chi connectivity index (χ3n) is 8.90. The minimum absolute atomic E-state index is 0.0301. The molecule has 0 amide bonds. The van der Waals surface area contributed by atoms with Crippen LogP contribution in [0.2, 0.25) is 10.0 Å². The Kier molecular flexibility index (Phi) is 10.3. The summed E-state index contributed by atoms with van der Waals surface area (Å²) in [7, 11) is 0. The number of carbonyl (C=O) groups is 3. The van der Waals surface area contributed by atoms with Crippen molar-refractivity contribution in [1.82, 2.24) is 0 Å². The lowest BCUT2D eigenvalue weighted by atomic mass is 9.62. The van der Waals surface area contributed by atoms with Crippen LogP contribution < -0.4 is 0 Å². The van der Waals surface area contributed by atoms with E-state index < -0.39 is 70.6 Å². The molecule has 1 N–H and O–H groups in total. The zero-order chi connectivity index (χ0) is 30.8. The zero-order valence-corrected chi connectivity index (χ0v) is 24.9. The van der Waals surface area contributed by atoms with E-state index in [1.165, 1.54) is 12.1 Å². The van der Waals surface area contributed by atoms with Crippen LogP contribution >= 0.6 is 11.6 Å². The van der Waals surface area contributed by atoms with Crippen LogP contribution in [0.15, 0.2) is 23.2 Å². The predicted molar refractivity (Wildman–Crippen MR) is 146 cm³/mol. The predicted octanol–water partition coefficient (Wildman–Crippen LogP) is 6.90. The van der Waals surface area contributed by atoms with Gasteiger partial charge in [0.2, 0.25) is 5.02 Å². The van der Waals surface area contributed by atoms with Crippen molar-refractivity contribution in [1.29, 1.82) is 5.26 Å². The maximum atomic E-state index is 14.7. The minimum Gasteiger partial charge on any atom is -0.481 e. The molecule has 0 radical (unpaired) electrons. The highest BCUT2D eigenvalue weighted by Crippen LogP contribution is 2.50. The first kappa shape index (κ1) is 33.1. The Morgan fingerprint density at radius 2 is 1.88 bits per heavy atom. The van der Waals surface area contributed by atoms with Gasteiger partial charge in [-0.05, 0) is 77.2 Å². The smallest absolute Gasteiger partial charge is 0.393 e. The number of carboxylic acid groups (broad SMARTS) is 1. The quantitative estimate of drug-likeness (QED) is 0.288. The van der Waals surface area contributed by atoms with Gasteiger partial charge in [0.25, 0.3) is 0 Å². The number of halogens is 5. The second-order valence-electron chi connectivity index (χ2n) is 12.3. The molecule has 41 heavy (non-hydrogen) atoms. The summed E-state index contributed by atoms with van der Waals surface area (Å²) in [4.78, 5) is 43.1. The van der Waals surface area contributed by atoms with E-state index in [2.05, 4.69) is 11.1 Å². The van der Waals surface area contributed by atoms with Crippen molar-refractivity contribution >= 4 is 35.4 Å². The fraction of sp³-hybridized carbons (Fsp3) is 0.633. The van der Waals surface area contributed by atoms with Crippen LogP contribution in [0.25, 0.3) is 0 Å². The maximum absolute atomic E-state index is 14.7. The highest BCUT2D eigenvalue weighted by Gasteiger charge is 2.55. The average Bonchev–Trinajstić information content (AvgIpc) is 2.90.